The Kier molecular flexibility index (Phi) is 5.43. The molecule has 0 spiro atoms. The van der Waals surface area contributed by atoms with Crippen LogP contribution in [-0.4, -0.2) is 40.1 Å². The summed E-state index contributed by atoms with van der Waals surface area (Å²) in [6.45, 7) is 1.84. The second kappa shape index (κ2) is 6.64. The van der Waals surface area contributed by atoms with Gasteiger partial charge in [0.05, 0.1) is 16.4 Å². The van der Waals surface area contributed by atoms with Crippen LogP contribution in [0.2, 0.25) is 0 Å². The molecule has 1 aromatic rings. The van der Waals surface area contributed by atoms with Crippen LogP contribution in [0.25, 0.3) is 0 Å². The van der Waals surface area contributed by atoms with Crippen LogP contribution in [0.15, 0.2) is 23.1 Å². The lowest BCUT2D eigenvalue weighted by Crippen LogP contribution is -2.35. The highest BCUT2D eigenvalue weighted by molar-refractivity contribution is 7.89. The monoisotopic (exact) mass is 303 g/mol. The molecule has 1 aromatic carbocycles. The van der Waals surface area contributed by atoms with Crippen molar-refractivity contribution in [2.24, 2.45) is 0 Å². The van der Waals surface area contributed by atoms with E-state index >= 15 is 0 Å². The molecule has 0 radical (unpaired) electrons. The molecule has 1 rings (SSSR count). The summed E-state index contributed by atoms with van der Waals surface area (Å²) >= 11 is 0. The Morgan fingerprint density at radius 1 is 1.45 bits per heavy atom. The van der Waals surface area contributed by atoms with Crippen LogP contribution >= 0.6 is 0 Å². The van der Waals surface area contributed by atoms with Crippen LogP contribution in [0.5, 0.6) is 0 Å². The lowest BCUT2D eigenvalue weighted by atomic mass is 10.3. The number of hydrogen-bond acceptors (Lipinski definition) is 6. The second-order valence-corrected chi connectivity index (χ2v) is 5.88. The normalized spacial score (nSPS) is 12.9. The number of anilines is 1. The Morgan fingerprint density at radius 2 is 2.10 bits per heavy atom. The number of ether oxygens (including phenoxy) is 1. The Balaban J connectivity index is 3.13. The Bertz CT molecular complexity index is 588. The molecule has 0 amide bonds. The highest BCUT2D eigenvalue weighted by Gasteiger charge is 2.22. The number of methoxy groups -OCH3 is 1. The van der Waals surface area contributed by atoms with Crippen LogP contribution in [0.4, 0.5) is 11.4 Å². The van der Waals surface area contributed by atoms with Crippen molar-refractivity contribution in [2.75, 3.05) is 26.1 Å². The Morgan fingerprint density at radius 3 is 2.60 bits per heavy atom. The number of nitro groups is 1. The highest BCUT2D eigenvalue weighted by Crippen LogP contribution is 2.27. The number of nitrogens with one attached hydrogen (secondary N) is 2. The van der Waals surface area contributed by atoms with Gasteiger partial charge in [-0.1, -0.05) is 0 Å². The molecule has 9 heteroatoms. The summed E-state index contributed by atoms with van der Waals surface area (Å²) in [5, 5.41) is 13.6. The summed E-state index contributed by atoms with van der Waals surface area (Å²) in [5.41, 5.74) is -0.0475. The predicted molar refractivity (Wildman–Crippen MR) is 74.3 cm³/mol. The fourth-order valence-electron chi connectivity index (χ4n) is 1.66. The minimum absolute atomic E-state index is 0.161. The average molecular weight is 303 g/mol. The minimum atomic E-state index is -3.82. The second-order valence-electron chi connectivity index (χ2n) is 4.16. The standard InChI is InChI=1S/C11H17N3O5S/c1-8(7-19-3)13-20(17,18)9-4-5-10(12-2)11(6-9)14(15)16/h4-6,8,12-13H,7H2,1-3H3. The lowest BCUT2D eigenvalue weighted by Gasteiger charge is -2.13. The average Bonchev–Trinajstić information content (AvgIpc) is 2.37. The molecule has 1 unspecified atom stereocenters. The highest BCUT2D eigenvalue weighted by atomic mass is 32.2. The van der Waals surface area contributed by atoms with Crippen molar-refractivity contribution in [3.05, 3.63) is 28.3 Å². The van der Waals surface area contributed by atoms with E-state index in [0.29, 0.717) is 0 Å². The molecule has 0 heterocycles. The summed E-state index contributed by atoms with van der Waals surface area (Å²) in [7, 11) is -0.846. The number of hydrogen-bond donors (Lipinski definition) is 2. The first-order valence-corrected chi connectivity index (χ1v) is 7.27. The van der Waals surface area contributed by atoms with Crippen molar-refractivity contribution in [2.45, 2.75) is 17.9 Å². The minimum Gasteiger partial charge on any atom is -0.383 e. The fraction of sp³-hybridized carbons (Fsp3) is 0.455. The van der Waals surface area contributed by atoms with E-state index in [1.807, 2.05) is 0 Å². The van der Waals surface area contributed by atoms with Gasteiger partial charge >= 0.3 is 0 Å². The third kappa shape index (κ3) is 3.89. The van der Waals surface area contributed by atoms with Crippen LogP contribution in [0, 0.1) is 10.1 Å². The fourth-order valence-corrected chi connectivity index (χ4v) is 2.91. The topological polar surface area (TPSA) is 111 Å². The number of nitro benzene ring substituents is 1. The Hall–Kier alpha value is -1.71. The van der Waals surface area contributed by atoms with Gasteiger partial charge in [-0.15, -0.1) is 0 Å². The SMILES string of the molecule is CNc1ccc(S(=O)(=O)NC(C)COC)cc1[N+](=O)[O-]. The smallest absolute Gasteiger partial charge is 0.293 e. The predicted octanol–water partition coefficient (Wildman–Crippen LogP) is 0.950. The molecule has 0 saturated carbocycles. The summed E-state index contributed by atoms with van der Waals surface area (Å²) in [6.07, 6.45) is 0. The molecule has 1 atom stereocenters. The van der Waals surface area contributed by atoms with E-state index in [9.17, 15) is 18.5 Å². The molecule has 0 aliphatic rings. The van der Waals surface area contributed by atoms with Gasteiger partial charge in [0, 0.05) is 26.3 Å². The number of nitrogens with zero attached hydrogens (tertiary/aromatic N) is 1. The van der Waals surface area contributed by atoms with Gasteiger partial charge in [-0.05, 0) is 19.1 Å². The first-order chi connectivity index (χ1) is 9.31. The zero-order valence-electron chi connectivity index (χ0n) is 11.4. The maximum absolute atomic E-state index is 12.1. The van der Waals surface area contributed by atoms with Crippen molar-refractivity contribution < 1.29 is 18.1 Å². The molecular formula is C11H17N3O5S. The Labute approximate surface area is 117 Å². The van der Waals surface area contributed by atoms with E-state index in [4.69, 9.17) is 4.74 Å². The zero-order valence-corrected chi connectivity index (χ0v) is 12.2. The van der Waals surface area contributed by atoms with Crippen molar-refractivity contribution in [3.8, 4) is 0 Å². The maximum Gasteiger partial charge on any atom is 0.293 e. The van der Waals surface area contributed by atoms with E-state index in [-0.39, 0.29) is 22.9 Å². The van der Waals surface area contributed by atoms with Gasteiger partial charge in [0.1, 0.15) is 5.69 Å². The molecule has 0 fully saturated rings. The van der Waals surface area contributed by atoms with Gasteiger partial charge < -0.3 is 10.1 Å². The van der Waals surface area contributed by atoms with Crippen LogP contribution in [0.1, 0.15) is 6.92 Å². The number of sulfonamides is 1. The van der Waals surface area contributed by atoms with E-state index < -0.39 is 21.0 Å². The van der Waals surface area contributed by atoms with Gasteiger partial charge in [0.15, 0.2) is 0 Å². The van der Waals surface area contributed by atoms with Crippen molar-refractivity contribution in [1.29, 1.82) is 0 Å². The molecule has 20 heavy (non-hydrogen) atoms. The number of rotatable bonds is 7. The first kappa shape index (κ1) is 16.3. The third-order valence-electron chi connectivity index (χ3n) is 2.52. The summed E-state index contributed by atoms with van der Waals surface area (Å²) in [6, 6.07) is 3.25. The van der Waals surface area contributed by atoms with Crippen molar-refractivity contribution in [3.63, 3.8) is 0 Å². The molecule has 8 nitrogen and oxygen atoms in total. The van der Waals surface area contributed by atoms with Gasteiger partial charge in [-0.25, -0.2) is 13.1 Å². The molecule has 0 aromatic heterocycles. The van der Waals surface area contributed by atoms with Crippen LogP contribution in [0.3, 0.4) is 0 Å². The maximum atomic E-state index is 12.1. The molecular weight excluding hydrogens is 286 g/mol. The first-order valence-electron chi connectivity index (χ1n) is 5.79. The molecule has 0 saturated heterocycles. The van der Waals surface area contributed by atoms with Crippen LogP contribution in [-0.2, 0) is 14.8 Å². The molecule has 0 bridgehead atoms. The molecule has 0 aliphatic heterocycles. The summed E-state index contributed by atoms with van der Waals surface area (Å²) in [5.74, 6) is 0. The van der Waals surface area contributed by atoms with Crippen molar-refractivity contribution >= 4 is 21.4 Å². The van der Waals surface area contributed by atoms with Crippen molar-refractivity contribution in [1.82, 2.24) is 4.72 Å². The molecule has 2 N–H and O–H groups in total. The number of benzene rings is 1. The van der Waals surface area contributed by atoms with Gasteiger partial charge in [-0.3, -0.25) is 10.1 Å². The van der Waals surface area contributed by atoms with Gasteiger partial charge in [0.25, 0.3) is 5.69 Å². The summed E-state index contributed by atoms with van der Waals surface area (Å²) in [4.78, 5) is 10.1. The van der Waals surface area contributed by atoms with Crippen LogP contribution < -0.4 is 10.0 Å². The van der Waals surface area contributed by atoms with E-state index in [2.05, 4.69) is 10.0 Å². The van der Waals surface area contributed by atoms with E-state index in [1.165, 1.54) is 26.3 Å². The van der Waals surface area contributed by atoms with Gasteiger partial charge in [0.2, 0.25) is 10.0 Å². The van der Waals surface area contributed by atoms with Gasteiger partial charge in [-0.2, -0.15) is 0 Å². The zero-order chi connectivity index (χ0) is 15.3. The van der Waals surface area contributed by atoms with E-state index in [0.717, 1.165) is 6.07 Å². The lowest BCUT2D eigenvalue weighted by molar-refractivity contribution is -0.384. The summed E-state index contributed by atoms with van der Waals surface area (Å²) < 4.78 is 31.4. The third-order valence-corrected chi connectivity index (χ3v) is 4.11. The van der Waals surface area contributed by atoms with E-state index in [1.54, 1.807) is 6.92 Å². The molecule has 0 aliphatic carbocycles. The molecule has 112 valence electrons. The largest absolute Gasteiger partial charge is 0.383 e. The quantitative estimate of drug-likeness (QED) is 0.573.